The van der Waals surface area contributed by atoms with E-state index in [-0.39, 0.29) is 6.61 Å². The lowest BCUT2D eigenvalue weighted by Crippen LogP contribution is -1.97. The highest BCUT2D eigenvalue weighted by Gasteiger charge is 2.03. The molecule has 0 bridgehead atoms. The number of hydrogen-bond acceptors (Lipinski definition) is 5. The van der Waals surface area contributed by atoms with Crippen LogP contribution in [0.25, 0.3) is 0 Å². The van der Waals surface area contributed by atoms with Gasteiger partial charge >= 0.3 is 0 Å². The molecule has 2 rings (SSSR count). The van der Waals surface area contributed by atoms with E-state index in [1.165, 1.54) is 0 Å². The van der Waals surface area contributed by atoms with E-state index in [1.807, 2.05) is 13.0 Å². The largest absolute Gasteiger partial charge is 0.468 e. The summed E-state index contributed by atoms with van der Waals surface area (Å²) in [4.78, 5) is 8.10. The summed E-state index contributed by atoms with van der Waals surface area (Å²) in [7, 11) is 0. The van der Waals surface area contributed by atoms with Crippen LogP contribution >= 0.6 is 0 Å². The second kappa shape index (κ2) is 4.08. The van der Waals surface area contributed by atoms with Crippen molar-refractivity contribution in [1.82, 2.24) is 15.1 Å². The highest BCUT2D eigenvalue weighted by atomic mass is 16.5. The molecule has 15 heavy (non-hydrogen) atoms. The molecule has 2 aromatic heterocycles. The van der Waals surface area contributed by atoms with Crippen molar-refractivity contribution in [2.75, 3.05) is 0 Å². The number of pyridine rings is 1. The van der Waals surface area contributed by atoms with Crippen LogP contribution in [-0.2, 0) is 6.61 Å². The average molecular weight is 205 g/mol. The molecule has 0 radical (unpaired) electrons. The Labute approximate surface area is 87.1 Å². The van der Waals surface area contributed by atoms with Crippen LogP contribution in [0.15, 0.2) is 22.9 Å². The minimum absolute atomic E-state index is 0.247. The Morgan fingerprint density at radius 1 is 1.33 bits per heavy atom. The first-order valence-corrected chi connectivity index (χ1v) is 4.59. The molecule has 0 atom stereocenters. The van der Waals surface area contributed by atoms with E-state index in [0.717, 1.165) is 5.56 Å². The number of aryl methyl sites for hydroxylation is 2. The molecule has 0 aliphatic carbocycles. The molecule has 0 aliphatic heterocycles. The van der Waals surface area contributed by atoms with Gasteiger partial charge in [0.15, 0.2) is 12.4 Å². The molecule has 0 N–H and O–H groups in total. The van der Waals surface area contributed by atoms with Gasteiger partial charge in [0.1, 0.15) is 0 Å². The molecule has 0 fully saturated rings. The van der Waals surface area contributed by atoms with Gasteiger partial charge in [-0.2, -0.15) is 4.98 Å². The maximum Gasteiger partial charge on any atom is 0.264 e. The summed E-state index contributed by atoms with van der Waals surface area (Å²) in [6.07, 6.45) is 1.74. The fourth-order valence-electron chi connectivity index (χ4n) is 1.07. The SMILES string of the molecule is Cc1ccc(OCc2nc(C)no2)nc1. The zero-order chi connectivity index (χ0) is 10.7. The molecular formula is C10H11N3O2. The Bertz CT molecular complexity index is 436. The first-order valence-electron chi connectivity index (χ1n) is 4.59. The first kappa shape index (κ1) is 9.64. The molecule has 5 heteroatoms. The summed E-state index contributed by atoms with van der Waals surface area (Å²) in [6.45, 7) is 3.98. The molecule has 0 saturated carbocycles. The van der Waals surface area contributed by atoms with Crippen LogP contribution in [0.1, 0.15) is 17.3 Å². The third kappa shape index (κ3) is 2.52. The quantitative estimate of drug-likeness (QED) is 0.762. The minimum Gasteiger partial charge on any atom is -0.468 e. The Balaban J connectivity index is 1.96. The second-order valence-electron chi connectivity index (χ2n) is 3.20. The smallest absolute Gasteiger partial charge is 0.264 e. The Morgan fingerprint density at radius 2 is 2.20 bits per heavy atom. The number of aromatic nitrogens is 3. The zero-order valence-corrected chi connectivity index (χ0v) is 8.60. The van der Waals surface area contributed by atoms with E-state index in [0.29, 0.717) is 17.6 Å². The monoisotopic (exact) mass is 205 g/mol. The minimum atomic E-state index is 0.247. The molecule has 0 aliphatic rings. The molecular weight excluding hydrogens is 194 g/mol. The van der Waals surface area contributed by atoms with Crippen molar-refractivity contribution in [3.63, 3.8) is 0 Å². The highest BCUT2D eigenvalue weighted by Crippen LogP contribution is 2.08. The van der Waals surface area contributed by atoms with Crippen LogP contribution in [0.2, 0.25) is 0 Å². The number of hydrogen-bond donors (Lipinski definition) is 0. The van der Waals surface area contributed by atoms with E-state index in [2.05, 4.69) is 15.1 Å². The van der Waals surface area contributed by atoms with Gasteiger partial charge in [-0.05, 0) is 19.4 Å². The fraction of sp³-hybridized carbons (Fsp3) is 0.300. The molecule has 0 saturated heterocycles. The van der Waals surface area contributed by atoms with Crippen molar-refractivity contribution >= 4 is 0 Å². The van der Waals surface area contributed by atoms with Gasteiger partial charge < -0.3 is 9.26 Å². The molecule has 0 amide bonds. The van der Waals surface area contributed by atoms with E-state index in [1.54, 1.807) is 19.2 Å². The van der Waals surface area contributed by atoms with Gasteiger partial charge in [-0.15, -0.1) is 0 Å². The van der Waals surface area contributed by atoms with E-state index >= 15 is 0 Å². The average Bonchev–Trinajstić information content (AvgIpc) is 2.64. The van der Waals surface area contributed by atoms with Crippen molar-refractivity contribution in [2.24, 2.45) is 0 Å². The van der Waals surface area contributed by atoms with Crippen molar-refractivity contribution in [1.29, 1.82) is 0 Å². The normalized spacial score (nSPS) is 10.3. The fourth-order valence-corrected chi connectivity index (χ4v) is 1.07. The van der Waals surface area contributed by atoms with E-state index in [9.17, 15) is 0 Å². The van der Waals surface area contributed by atoms with Gasteiger partial charge in [0.25, 0.3) is 5.89 Å². The topological polar surface area (TPSA) is 61.0 Å². The molecule has 5 nitrogen and oxygen atoms in total. The van der Waals surface area contributed by atoms with Crippen LogP contribution in [0.5, 0.6) is 5.88 Å². The number of nitrogens with zero attached hydrogens (tertiary/aromatic N) is 3. The molecule has 0 aromatic carbocycles. The van der Waals surface area contributed by atoms with Crippen LogP contribution in [0.4, 0.5) is 0 Å². The van der Waals surface area contributed by atoms with Crippen molar-refractivity contribution in [3.05, 3.63) is 35.6 Å². The van der Waals surface area contributed by atoms with Crippen LogP contribution in [0, 0.1) is 13.8 Å². The molecule has 78 valence electrons. The Morgan fingerprint density at radius 3 is 2.80 bits per heavy atom. The van der Waals surface area contributed by atoms with Crippen LogP contribution in [-0.4, -0.2) is 15.1 Å². The van der Waals surface area contributed by atoms with Gasteiger partial charge in [-0.25, -0.2) is 4.98 Å². The highest BCUT2D eigenvalue weighted by molar-refractivity contribution is 5.16. The summed E-state index contributed by atoms with van der Waals surface area (Å²) in [5.41, 5.74) is 1.09. The first-order chi connectivity index (χ1) is 7.24. The second-order valence-corrected chi connectivity index (χ2v) is 3.20. The molecule has 0 unspecified atom stereocenters. The summed E-state index contributed by atoms with van der Waals surface area (Å²) in [6, 6.07) is 3.74. The van der Waals surface area contributed by atoms with Gasteiger partial charge in [0, 0.05) is 12.3 Å². The summed E-state index contributed by atoms with van der Waals surface area (Å²) < 4.78 is 10.2. The zero-order valence-electron chi connectivity index (χ0n) is 8.60. The molecule has 2 aromatic rings. The lowest BCUT2D eigenvalue weighted by atomic mass is 10.3. The van der Waals surface area contributed by atoms with Crippen molar-refractivity contribution in [3.8, 4) is 5.88 Å². The predicted octanol–water partition coefficient (Wildman–Crippen LogP) is 1.66. The van der Waals surface area contributed by atoms with Gasteiger partial charge in [-0.3, -0.25) is 0 Å². The Hall–Kier alpha value is -1.91. The van der Waals surface area contributed by atoms with E-state index < -0.39 is 0 Å². The van der Waals surface area contributed by atoms with Gasteiger partial charge in [0.2, 0.25) is 5.88 Å². The lowest BCUT2D eigenvalue weighted by molar-refractivity contribution is 0.235. The maximum atomic E-state index is 5.35. The summed E-state index contributed by atoms with van der Waals surface area (Å²) >= 11 is 0. The van der Waals surface area contributed by atoms with Crippen molar-refractivity contribution in [2.45, 2.75) is 20.5 Å². The third-order valence-electron chi connectivity index (χ3n) is 1.80. The maximum absolute atomic E-state index is 5.35. The third-order valence-corrected chi connectivity index (χ3v) is 1.80. The van der Waals surface area contributed by atoms with Crippen molar-refractivity contribution < 1.29 is 9.26 Å². The lowest BCUT2D eigenvalue weighted by Gasteiger charge is -2.01. The van der Waals surface area contributed by atoms with Crippen LogP contribution < -0.4 is 4.74 Å². The molecule has 2 heterocycles. The summed E-state index contributed by atoms with van der Waals surface area (Å²) in [5, 5.41) is 3.66. The number of ether oxygens (including phenoxy) is 1. The summed E-state index contributed by atoms with van der Waals surface area (Å²) in [5.74, 6) is 1.61. The molecule has 0 spiro atoms. The Kier molecular flexibility index (Phi) is 2.62. The predicted molar refractivity (Wildman–Crippen MR) is 52.3 cm³/mol. The standard InChI is InChI=1S/C10H11N3O2/c1-7-3-4-9(11-5-7)14-6-10-12-8(2)13-15-10/h3-5H,6H2,1-2H3. The number of rotatable bonds is 3. The van der Waals surface area contributed by atoms with E-state index in [4.69, 9.17) is 9.26 Å². The van der Waals surface area contributed by atoms with Crippen LogP contribution in [0.3, 0.4) is 0 Å². The van der Waals surface area contributed by atoms with Gasteiger partial charge in [0.05, 0.1) is 0 Å². The van der Waals surface area contributed by atoms with Gasteiger partial charge in [-0.1, -0.05) is 11.2 Å².